The number of hydrogen-bond donors (Lipinski definition) is 1. The smallest absolute Gasteiger partial charge is 0.338 e. The molecule has 0 saturated carbocycles. The van der Waals surface area contributed by atoms with E-state index in [-0.39, 0.29) is 10.5 Å². The van der Waals surface area contributed by atoms with E-state index in [2.05, 4.69) is 5.32 Å². The first-order chi connectivity index (χ1) is 13.7. The van der Waals surface area contributed by atoms with E-state index in [0.717, 1.165) is 6.26 Å². The topological polar surface area (TPSA) is 108 Å². The van der Waals surface area contributed by atoms with E-state index in [1.807, 2.05) is 0 Å². The molecule has 156 valence electrons. The predicted octanol–water partition coefficient (Wildman–Crippen LogP) is 2.14. The van der Waals surface area contributed by atoms with Crippen molar-refractivity contribution in [3.8, 4) is 11.5 Å². The van der Waals surface area contributed by atoms with Gasteiger partial charge in [-0.3, -0.25) is 4.79 Å². The lowest BCUT2D eigenvalue weighted by Gasteiger charge is -2.18. The summed E-state index contributed by atoms with van der Waals surface area (Å²) in [6, 6.07) is 10.1. The van der Waals surface area contributed by atoms with Gasteiger partial charge in [-0.2, -0.15) is 0 Å². The lowest BCUT2D eigenvalue weighted by molar-refractivity contribution is -0.124. The Kier molecular flexibility index (Phi) is 7.22. The van der Waals surface area contributed by atoms with E-state index < -0.39 is 34.4 Å². The maximum Gasteiger partial charge on any atom is 0.338 e. The lowest BCUT2D eigenvalue weighted by atomic mass is 10.1. The fraction of sp³-hybridized carbons (Fsp3) is 0.300. The minimum Gasteiger partial charge on any atom is -0.497 e. The average molecular weight is 421 g/mol. The SMILES string of the molecule is COc1ccc(OC)c([C@@H](C)NC(=O)COC(=O)c2ccc(S(C)(=O)=O)cc2)c1. The minimum atomic E-state index is -3.36. The molecule has 2 aromatic carbocycles. The van der Waals surface area contributed by atoms with Crippen molar-refractivity contribution in [2.24, 2.45) is 0 Å². The van der Waals surface area contributed by atoms with Gasteiger partial charge < -0.3 is 19.5 Å². The Bertz CT molecular complexity index is 984. The van der Waals surface area contributed by atoms with E-state index in [0.29, 0.717) is 17.1 Å². The molecule has 0 aromatic heterocycles. The van der Waals surface area contributed by atoms with Crippen molar-refractivity contribution >= 4 is 21.7 Å². The molecular weight excluding hydrogens is 398 g/mol. The van der Waals surface area contributed by atoms with Crippen LogP contribution in [0.1, 0.15) is 28.9 Å². The van der Waals surface area contributed by atoms with Crippen molar-refractivity contribution in [1.82, 2.24) is 5.32 Å². The number of amides is 1. The van der Waals surface area contributed by atoms with Crippen LogP contribution < -0.4 is 14.8 Å². The van der Waals surface area contributed by atoms with Crippen molar-refractivity contribution in [2.75, 3.05) is 27.1 Å². The molecule has 9 heteroatoms. The van der Waals surface area contributed by atoms with Crippen LogP contribution in [0.3, 0.4) is 0 Å². The fourth-order valence-electron chi connectivity index (χ4n) is 2.59. The number of nitrogens with one attached hydrogen (secondary N) is 1. The molecule has 0 saturated heterocycles. The Balaban J connectivity index is 1.96. The maximum atomic E-state index is 12.2. The minimum absolute atomic E-state index is 0.0906. The third-order valence-corrected chi connectivity index (χ3v) is 5.26. The van der Waals surface area contributed by atoms with E-state index >= 15 is 0 Å². The van der Waals surface area contributed by atoms with E-state index in [1.54, 1.807) is 25.1 Å². The molecule has 0 bridgehead atoms. The number of rotatable bonds is 8. The van der Waals surface area contributed by atoms with E-state index in [4.69, 9.17) is 14.2 Å². The molecule has 0 aliphatic carbocycles. The molecule has 8 nitrogen and oxygen atoms in total. The zero-order valence-electron chi connectivity index (χ0n) is 16.6. The van der Waals surface area contributed by atoms with Crippen LogP contribution in [0.15, 0.2) is 47.4 Å². The van der Waals surface area contributed by atoms with Crippen LogP contribution in [0.4, 0.5) is 0 Å². The summed E-state index contributed by atoms with van der Waals surface area (Å²) >= 11 is 0. The van der Waals surface area contributed by atoms with Gasteiger partial charge in [0.05, 0.1) is 30.7 Å². The third kappa shape index (κ3) is 5.95. The summed E-state index contributed by atoms with van der Waals surface area (Å²) in [7, 11) is -0.294. The van der Waals surface area contributed by atoms with Gasteiger partial charge in [0.2, 0.25) is 0 Å². The first-order valence-electron chi connectivity index (χ1n) is 8.64. The molecule has 0 aliphatic rings. The Labute approximate surface area is 169 Å². The fourth-order valence-corrected chi connectivity index (χ4v) is 3.22. The number of carbonyl (C=O) groups excluding carboxylic acids is 2. The van der Waals surface area contributed by atoms with Gasteiger partial charge in [-0.05, 0) is 49.4 Å². The van der Waals surface area contributed by atoms with Gasteiger partial charge >= 0.3 is 5.97 Å². The first-order valence-corrected chi connectivity index (χ1v) is 10.5. The largest absolute Gasteiger partial charge is 0.497 e. The summed E-state index contributed by atoms with van der Waals surface area (Å²) < 4.78 is 38.4. The number of ether oxygens (including phenoxy) is 3. The van der Waals surface area contributed by atoms with Gasteiger partial charge in [-0.15, -0.1) is 0 Å². The molecule has 2 aromatic rings. The molecule has 2 rings (SSSR count). The molecule has 0 aliphatic heterocycles. The summed E-state index contributed by atoms with van der Waals surface area (Å²) in [6.07, 6.45) is 1.07. The van der Waals surface area contributed by atoms with Crippen LogP contribution in [-0.4, -0.2) is 47.4 Å². The summed E-state index contributed by atoms with van der Waals surface area (Å²) in [6.45, 7) is 1.28. The molecular formula is C20H23NO7S. The monoisotopic (exact) mass is 421 g/mol. The number of methoxy groups -OCH3 is 2. The molecule has 0 fully saturated rings. The predicted molar refractivity (Wildman–Crippen MR) is 106 cm³/mol. The molecule has 1 atom stereocenters. The van der Waals surface area contributed by atoms with Gasteiger partial charge in [0.1, 0.15) is 11.5 Å². The van der Waals surface area contributed by atoms with Gasteiger partial charge in [-0.1, -0.05) is 0 Å². The highest BCUT2D eigenvalue weighted by molar-refractivity contribution is 7.90. The summed E-state index contributed by atoms with van der Waals surface area (Å²) in [5, 5.41) is 2.73. The highest BCUT2D eigenvalue weighted by Gasteiger charge is 2.17. The van der Waals surface area contributed by atoms with Crippen LogP contribution in [0.25, 0.3) is 0 Å². The van der Waals surface area contributed by atoms with Crippen LogP contribution in [0.2, 0.25) is 0 Å². The van der Waals surface area contributed by atoms with Crippen LogP contribution in [0.5, 0.6) is 11.5 Å². The van der Waals surface area contributed by atoms with Crippen LogP contribution in [-0.2, 0) is 19.4 Å². The highest BCUT2D eigenvalue weighted by Crippen LogP contribution is 2.29. The molecule has 0 unspecified atom stereocenters. The Morgan fingerprint density at radius 2 is 1.69 bits per heavy atom. The zero-order valence-corrected chi connectivity index (χ0v) is 17.4. The standard InChI is InChI=1S/C20H23NO7S/c1-13(17-11-15(26-2)7-10-18(17)27-3)21-19(22)12-28-20(23)14-5-8-16(9-6-14)29(4,24)25/h5-11,13H,12H2,1-4H3,(H,21,22)/t13-/m1/s1. The van der Waals surface area contributed by atoms with Gasteiger partial charge in [0.25, 0.3) is 5.91 Å². The highest BCUT2D eigenvalue weighted by atomic mass is 32.2. The second-order valence-corrected chi connectivity index (χ2v) is 8.29. The molecule has 0 spiro atoms. The van der Waals surface area contributed by atoms with Gasteiger partial charge in [0.15, 0.2) is 16.4 Å². The summed E-state index contributed by atoms with van der Waals surface area (Å²) in [5.74, 6) is -0.0253. The number of benzene rings is 2. The molecule has 0 radical (unpaired) electrons. The van der Waals surface area contributed by atoms with Crippen molar-refractivity contribution in [3.63, 3.8) is 0 Å². The van der Waals surface area contributed by atoms with E-state index in [9.17, 15) is 18.0 Å². The van der Waals surface area contributed by atoms with Crippen LogP contribution >= 0.6 is 0 Å². The number of esters is 1. The molecule has 0 heterocycles. The molecule has 1 N–H and O–H groups in total. The van der Waals surface area contributed by atoms with Gasteiger partial charge in [0, 0.05) is 11.8 Å². The lowest BCUT2D eigenvalue weighted by Crippen LogP contribution is -2.31. The maximum absolute atomic E-state index is 12.2. The first kappa shape index (κ1) is 22.2. The summed E-state index contributed by atoms with van der Waals surface area (Å²) in [4.78, 5) is 24.3. The Morgan fingerprint density at radius 1 is 1.03 bits per heavy atom. The Hall–Kier alpha value is -3.07. The second kappa shape index (κ2) is 9.42. The van der Waals surface area contributed by atoms with Crippen LogP contribution in [0, 0.1) is 0 Å². The second-order valence-electron chi connectivity index (χ2n) is 6.27. The summed E-state index contributed by atoms with van der Waals surface area (Å²) in [5.41, 5.74) is 0.857. The quantitative estimate of drug-likeness (QED) is 0.651. The number of sulfone groups is 1. The molecule has 1 amide bonds. The van der Waals surface area contributed by atoms with Crippen molar-refractivity contribution in [2.45, 2.75) is 17.9 Å². The van der Waals surface area contributed by atoms with Gasteiger partial charge in [-0.25, -0.2) is 13.2 Å². The number of hydrogen-bond acceptors (Lipinski definition) is 7. The zero-order chi connectivity index (χ0) is 21.6. The Morgan fingerprint density at radius 3 is 2.24 bits per heavy atom. The van der Waals surface area contributed by atoms with E-state index in [1.165, 1.54) is 38.5 Å². The molecule has 29 heavy (non-hydrogen) atoms. The third-order valence-electron chi connectivity index (χ3n) is 4.13. The number of carbonyl (C=O) groups is 2. The average Bonchev–Trinajstić information content (AvgIpc) is 2.70. The van der Waals surface area contributed by atoms with Crippen molar-refractivity contribution in [1.29, 1.82) is 0 Å². The van der Waals surface area contributed by atoms with Crippen molar-refractivity contribution in [3.05, 3.63) is 53.6 Å². The normalized spacial score (nSPS) is 12.0. The van der Waals surface area contributed by atoms with Crippen molar-refractivity contribution < 1.29 is 32.2 Å².